The van der Waals surface area contributed by atoms with Gasteiger partial charge in [-0.15, -0.1) is 24.0 Å². The van der Waals surface area contributed by atoms with Crippen LogP contribution in [0.5, 0.6) is 0 Å². The van der Waals surface area contributed by atoms with E-state index in [1.165, 1.54) is 5.69 Å². The lowest BCUT2D eigenvalue weighted by Crippen LogP contribution is -2.44. The van der Waals surface area contributed by atoms with Crippen LogP contribution in [0.15, 0.2) is 59.6 Å². The molecule has 164 valence electrons. The molecule has 0 saturated carbocycles. The van der Waals surface area contributed by atoms with Crippen molar-refractivity contribution in [3.63, 3.8) is 0 Å². The molecule has 7 nitrogen and oxygen atoms in total. The van der Waals surface area contributed by atoms with Gasteiger partial charge in [0.1, 0.15) is 0 Å². The van der Waals surface area contributed by atoms with E-state index >= 15 is 0 Å². The minimum Gasteiger partial charge on any atom is -0.369 e. The number of rotatable bonds is 7. The summed E-state index contributed by atoms with van der Waals surface area (Å²) in [5.74, 6) is 0.738. The zero-order valence-corrected chi connectivity index (χ0v) is 20.5. The first-order valence-corrected chi connectivity index (χ1v) is 11.7. The van der Waals surface area contributed by atoms with Gasteiger partial charge in [0.25, 0.3) is 0 Å². The number of hydrogen-bond acceptors (Lipinski definition) is 4. The highest BCUT2D eigenvalue weighted by Gasteiger charge is 2.23. The number of nitrogens with zero attached hydrogens (tertiary/aromatic N) is 2. The van der Waals surface area contributed by atoms with Crippen LogP contribution in [0.4, 0.5) is 11.4 Å². The van der Waals surface area contributed by atoms with E-state index < -0.39 is 10.0 Å². The Morgan fingerprint density at radius 1 is 1.13 bits per heavy atom. The van der Waals surface area contributed by atoms with Crippen molar-refractivity contribution in [1.82, 2.24) is 10.6 Å². The standard InChI is InChI=1S/C21H29N5O2S.HI/c1-3-22-21(23-15-17-9-7-8-12-20(17)25-29(2,27)28)24-18-13-14-26(16-18)19-10-5-4-6-11-19;/h4-12,18,25H,3,13-16H2,1-2H3,(H2,22,23,24);1H. The number of sulfonamides is 1. The van der Waals surface area contributed by atoms with E-state index in [1.807, 2.05) is 25.1 Å². The van der Waals surface area contributed by atoms with E-state index in [1.54, 1.807) is 12.1 Å². The Morgan fingerprint density at radius 3 is 2.53 bits per heavy atom. The summed E-state index contributed by atoms with van der Waals surface area (Å²) in [6, 6.07) is 18.0. The zero-order valence-electron chi connectivity index (χ0n) is 17.3. The predicted octanol–water partition coefficient (Wildman–Crippen LogP) is 3.01. The molecule has 3 rings (SSSR count). The van der Waals surface area contributed by atoms with Gasteiger partial charge in [-0.25, -0.2) is 13.4 Å². The molecule has 1 unspecified atom stereocenters. The Hall–Kier alpha value is -2.01. The highest BCUT2D eigenvalue weighted by atomic mass is 127. The Morgan fingerprint density at radius 2 is 1.83 bits per heavy atom. The molecule has 0 spiro atoms. The maximum atomic E-state index is 11.6. The van der Waals surface area contributed by atoms with Crippen molar-refractivity contribution < 1.29 is 8.42 Å². The highest BCUT2D eigenvalue weighted by molar-refractivity contribution is 14.0. The summed E-state index contributed by atoms with van der Waals surface area (Å²) < 4.78 is 25.7. The van der Waals surface area contributed by atoms with Gasteiger partial charge < -0.3 is 15.5 Å². The Labute approximate surface area is 196 Å². The Balaban J connectivity index is 0.00000320. The average Bonchev–Trinajstić information content (AvgIpc) is 3.15. The number of aliphatic imine (C=N–C) groups is 1. The van der Waals surface area contributed by atoms with Crippen molar-refractivity contribution in [2.75, 3.05) is 35.5 Å². The molecule has 1 aliphatic heterocycles. The van der Waals surface area contributed by atoms with E-state index in [9.17, 15) is 8.42 Å². The lowest BCUT2D eigenvalue weighted by molar-refractivity contribution is 0.606. The molecule has 9 heteroatoms. The fourth-order valence-electron chi connectivity index (χ4n) is 3.39. The monoisotopic (exact) mass is 543 g/mol. The average molecular weight is 543 g/mol. The second-order valence-electron chi connectivity index (χ2n) is 7.14. The van der Waals surface area contributed by atoms with E-state index in [2.05, 4.69) is 49.5 Å². The van der Waals surface area contributed by atoms with Gasteiger partial charge in [0.2, 0.25) is 10.0 Å². The van der Waals surface area contributed by atoms with Crippen LogP contribution in [0.3, 0.4) is 0 Å². The summed E-state index contributed by atoms with van der Waals surface area (Å²) in [7, 11) is -3.33. The molecule has 1 fully saturated rings. The van der Waals surface area contributed by atoms with Crippen molar-refractivity contribution in [3.05, 3.63) is 60.2 Å². The first-order valence-electron chi connectivity index (χ1n) is 9.85. The van der Waals surface area contributed by atoms with Crippen LogP contribution in [-0.2, 0) is 16.6 Å². The lowest BCUT2D eigenvalue weighted by Gasteiger charge is -2.20. The van der Waals surface area contributed by atoms with Crippen molar-refractivity contribution in [2.45, 2.75) is 25.9 Å². The van der Waals surface area contributed by atoms with Crippen molar-refractivity contribution in [3.8, 4) is 0 Å². The summed E-state index contributed by atoms with van der Waals surface area (Å²) in [6.45, 7) is 5.08. The summed E-state index contributed by atoms with van der Waals surface area (Å²) in [4.78, 5) is 7.04. The predicted molar refractivity (Wildman–Crippen MR) is 135 cm³/mol. The molecule has 1 saturated heterocycles. The fourth-order valence-corrected chi connectivity index (χ4v) is 3.99. The van der Waals surface area contributed by atoms with Crippen LogP contribution >= 0.6 is 24.0 Å². The molecule has 1 aliphatic rings. The maximum absolute atomic E-state index is 11.6. The van der Waals surface area contributed by atoms with Crippen LogP contribution in [0.25, 0.3) is 0 Å². The SMILES string of the molecule is CCNC(=NCc1ccccc1NS(C)(=O)=O)NC1CCN(c2ccccc2)C1.I. The highest BCUT2D eigenvalue weighted by Crippen LogP contribution is 2.20. The summed E-state index contributed by atoms with van der Waals surface area (Å²) in [5, 5.41) is 6.80. The molecule has 0 amide bonds. The molecule has 0 aromatic heterocycles. The topological polar surface area (TPSA) is 85.8 Å². The van der Waals surface area contributed by atoms with Gasteiger partial charge in [0.05, 0.1) is 18.5 Å². The molecule has 2 aromatic rings. The third-order valence-electron chi connectivity index (χ3n) is 4.71. The van der Waals surface area contributed by atoms with Gasteiger partial charge in [0.15, 0.2) is 5.96 Å². The van der Waals surface area contributed by atoms with Gasteiger partial charge in [-0.1, -0.05) is 36.4 Å². The Bertz CT molecular complexity index is 937. The number of benzene rings is 2. The fraction of sp³-hybridized carbons (Fsp3) is 0.381. The number of nitrogens with one attached hydrogen (secondary N) is 3. The van der Waals surface area contributed by atoms with Crippen molar-refractivity contribution in [1.29, 1.82) is 0 Å². The molecule has 0 aliphatic carbocycles. The molecular weight excluding hydrogens is 513 g/mol. The van der Waals surface area contributed by atoms with Gasteiger partial charge >= 0.3 is 0 Å². The van der Waals surface area contributed by atoms with Crippen LogP contribution < -0.4 is 20.3 Å². The van der Waals surface area contributed by atoms with Crippen LogP contribution in [0.1, 0.15) is 18.9 Å². The smallest absolute Gasteiger partial charge is 0.229 e. The second kappa shape index (κ2) is 11.4. The Kier molecular flexibility index (Phi) is 9.22. The number of guanidine groups is 1. The molecule has 30 heavy (non-hydrogen) atoms. The molecule has 3 N–H and O–H groups in total. The minimum atomic E-state index is -3.33. The maximum Gasteiger partial charge on any atom is 0.229 e. The quantitative estimate of drug-likeness (QED) is 0.284. The zero-order chi connectivity index (χ0) is 20.7. The number of hydrogen-bond donors (Lipinski definition) is 3. The third kappa shape index (κ3) is 7.35. The normalized spacial score (nSPS) is 16.7. The number of anilines is 2. The summed E-state index contributed by atoms with van der Waals surface area (Å²) in [5.41, 5.74) is 2.62. The molecule has 1 atom stereocenters. The van der Waals surface area contributed by atoms with Gasteiger partial charge in [-0.05, 0) is 37.1 Å². The molecule has 2 aromatic carbocycles. The molecule has 1 heterocycles. The minimum absolute atomic E-state index is 0. The van der Waals surface area contributed by atoms with Gasteiger partial charge in [-0.3, -0.25) is 4.72 Å². The van der Waals surface area contributed by atoms with Gasteiger partial charge in [0, 0.05) is 31.4 Å². The molecule has 0 bridgehead atoms. The van der Waals surface area contributed by atoms with Crippen LogP contribution in [-0.4, -0.2) is 46.3 Å². The van der Waals surface area contributed by atoms with E-state index in [0.29, 0.717) is 18.3 Å². The van der Waals surface area contributed by atoms with Crippen LogP contribution in [0, 0.1) is 0 Å². The van der Waals surface area contributed by atoms with Crippen LogP contribution in [0.2, 0.25) is 0 Å². The molecular formula is C21H30IN5O2S. The number of halogens is 1. The largest absolute Gasteiger partial charge is 0.369 e. The number of para-hydroxylation sites is 2. The van der Waals surface area contributed by atoms with Gasteiger partial charge in [-0.2, -0.15) is 0 Å². The van der Waals surface area contributed by atoms with Crippen molar-refractivity contribution in [2.24, 2.45) is 4.99 Å². The van der Waals surface area contributed by atoms with E-state index in [-0.39, 0.29) is 24.0 Å². The summed E-state index contributed by atoms with van der Waals surface area (Å²) >= 11 is 0. The third-order valence-corrected chi connectivity index (χ3v) is 5.31. The first-order chi connectivity index (χ1) is 13.9. The van der Waals surface area contributed by atoms with Crippen molar-refractivity contribution >= 4 is 51.3 Å². The summed E-state index contributed by atoms with van der Waals surface area (Å²) in [6.07, 6.45) is 2.18. The van der Waals surface area contributed by atoms with E-state index in [0.717, 1.165) is 43.8 Å². The first kappa shape index (κ1) is 24.3. The molecule has 0 radical (unpaired) electrons. The second-order valence-corrected chi connectivity index (χ2v) is 8.89. The van der Waals surface area contributed by atoms with E-state index in [4.69, 9.17) is 0 Å². The lowest BCUT2D eigenvalue weighted by atomic mass is 10.2.